The monoisotopic (exact) mass is 294 g/mol. The van der Waals surface area contributed by atoms with E-state index in [1.165, 1.54) is 5.56 Å². The number of benzene rings is 1. The molecule has 1 saturated heterocycles. The zero-order chi connectivity index (χ0) is 12.0. The lowest BCUT2D eigenvalue weighted by molar-refractivity contribution is -0.123. The van der Waals surface area contributed by atoms with Crippen molar-refractivity contribution in [3.63, 3.8) is 0 Å². The summed E-state index contributed by atoms with van der Waals surface area (Å²) in [5, 5.41) is 3.32. The van der Waals surface area contributed by atoms with Gasteiger partial charge >= 0.3 is 0 Å². The number of hydrogen-bond donors (Lipinski definition) is 1. The summed E-state index contributed by atoms with van der Waals surface area (Å²) in [4.78, 5) is 14.1. The second-order valence-electron chi connectivity index (χ2n) is 4.81. The minimum atomic E-state index is 0.107. The van der Waals surface area contributed by atoms with Crippen LogP contribution in [0.3, 0.4) is 0 Å². The Labute approximate surface area is 109 Å². The summed E-state index contributed by atoms with van der Waals surface area (Å²) in [5.74, 6) is 0.736. The van der Waals surface area contributed by atoms with Crippen molar-refractivity contribution >= 4 is 27.5 Å². The van der Waals surface area contributed by atoms with E-state index in [4.69, 9.17) is 0 Å². The van der Waals surface area contributed by atoms with Gasteiger partial charge in [-0.25, -0.2) is 0 Å². The predicted molar refractivity (Wildman–Crippen MR) is 71.3 cm³/mol. The molecule has 0 saturated carbocycles. The molecule has 0 spiro atoms. The number of nitrogens with zero attached hydrogens (tertiary/aromatic N) is 1. The molecule has 1 amide bonds. The number of fused-ring (bicyclic) bond motifs is 3. The average Bonchev–Trinajstić information content (AvgIpc) is 2.36. The van der Waals surface area contributed by atoms with Gasteiger partial charge in [0.25, 0.3) is 0 Å². The Morgan fingerprint density at radius 2 is 2.24 bits per heavy atom. The maximum Gasteiger partial charge on any atom is 0.231 e. The largest absolute Gasteiger partial charge is 0.316 e. The number of nitrogens with one attached hydrogen (secondary N) is 1. The third-order valence-electron chi connectivity index (χ3n) is 3.88. The Balaban J connectivity index is 2.13. The normalized spacial score (nSPS) is 27.6. The molecule has 90 valence electrons. The van der Waals surface area contributed by atoms with Crippen LogP contribution < -0.4 is 10.2 Å². The Morgan fingerprint density at radius 3 is 3.06 bits per heavy atom. The van der Waals surface area contributed by atoms with Gasteiger partial charge in [-0.1, -0.05) is 15.9 Å². The Bertz CT molecular complexity index is 474. The highest BCUT2D eigenvalue weighted by molar-refractivity contribution is 9.10. The van der Waals surface area contributed by atoms with Crippen molar-refractivity contribution in [1.29, 1.82) is 0 Å². The molecule has 3 rings (SSSR count). The zero-order valence-corrected chi connectivity index (χ0v) is 11.3. The quantitative estimate of drug-likeness (QED) is 0.795. The van der Waals surface area contributed by atoms with Gasteiger partial charge in [-0.15, -0.1) is 0 Å². The topological polar surface area (TPSA) is 32.3 Å². The van der Waals surface area contributed by atoms with Crippen molar-refractivity contribution < 1.29 is 4.79 Å². The van der Waals surface area contributed by atoms with Crippen LogP contribution >= 0.6 is 15.9 Å². The summed E-state index contributed by atoms with van der Waals surface area (Å²) in [6.07, 6.45) is 1.05. The predicted octanol–water partition coefficient (Wildman–Crippen LogP) is 2.12. The molecule has 4 heteroatoms. The fraction of sp³-hybridized carbons (Fsp3) is 0.462. The highest BCUT2D eigenvalue weighted by Gasteiger charge is 2.39. The van der Waals surface area contributed by atoms with Crippen molar-refractivity contribution in [3.8, 4) is 0 Å². The molecule has 3 nitrogen and oxygen atoms in total. The molecular weight excluding hydrogens is 280 g/mol. The number of carbonyl (C=O) groups is 1. The van der Waals surface area contributed by atoms with Crippen LogP contribution in [0, 0.1) is 5.92 Å². The van der Waals surface area contributed by atoms with Crippen molar-refractivity contribution in [3.05, 3.63) is 28.2 Å². The van der Waals surface area contributed by atoms with E-state index in [-0.39, 0.29) is 11.8 Å². The first-order valence-electron chi connectivity index (χ1n) is 5.96. The van der Waals surface area contributed by atoms with Gasteiger partial charge in [0.1, 0.15) is 0 Å². The maximum atomic E-state index is 12.3. The van der Waals surface area contributed by atoms with Crippen LogP contribution in [0.5, 0.6) is 0 Å². The van der Waals surface area contributed by atoms with Crippen molar-refractivity contribution in [2.45, 2.75) is 12.3 Å². The van der Waals surface area contributed by atoms with Gasteiger partial charge < -0.3 is 10.2 Å². The van der Waals surface area contributed by atoms with Gasteiger partial charge in [0.15, 0.2) is 0 Å². The van der Waals surface area contributed by atoms with E-state index in [1.807, 2.05) is 19.2 Å². The van der Waals surface area contributed by atoms with E-state index in [0.29, 0.717) is 5.92 Å². The van der Waals surface area contributed by atoms with Gasteiger partial charge in [0, 0.05) is 29.7 Å². The van der Waals surface area contributed by atoms with Crippen LogP contribution in [0.1, 0.15) is 17.9 Å². The minimum absolute atomic E-state index is 0.107. The second-order valence-corrected chi connectivity index (χ2v) is 5.72. The molecule has 2 aliphatic rings. The standard InChI is InChI=1S/C13H15BrN2O/c1-16-12-3-2-8(14)6-10(12)9-4-5-15-7-11(9)13(16)17/h2-3,6,9,11,15H,4-5,7H2,1H3. The van der Waals surface area contributed by atoms with E-state index in [2.05, 4.69) is 27.3 Å². The fourth-order valence-electron chi connectivity index (χ4n) is 2.99. The van der Waals surface area contributed by atoms with Crippen molar-refractivity contribution in [2.75, 3.05) is 25.0 Å². The molecule has 0 aliphatic carbocycles. The first kappa shape index (κ1) is 11.2. The summed E-state index contributed by atoms with van der Waals surface area (Å²) >= 11 is 3.52. The molecule has 2 aliphatic heterocycles. The summed E-state index contributed by atoms with van der Waals surface area (Å²) in [5.41, 5.74) is 2.38. The molecular formula is C13H15BrN2O. The highest BCUT2D eigenvalue weighted by Crippen LogP contribution is 2.42. The first-order valence-corrected chi connectivity index (χ1v) is 6.75. The van der Waals surface area contributed by atoms with Gasteiger partial charge in [-0.3, -0.25) is 4.79 Å². The number of piperidine rings is 1. The number of carbonyl (C=O) groups excluding carboxylic acids is 1. The number of anilines is 1. The molecule has 0 radical (unpaired) electrons. The van der Waals surface area contributed by atoms with Crippen molar-refractivity contribution in [2.24, 2.45) is 5.92 Å². The molecule has 2 unspecified atom stereocenters. The van der Waals surface area contributed by atoms with Gasteiger partial charge in [-0.2, -0.15) is 0 Å². The lowest BCUT2D eigenvalue weighted by atomic mass is 9.77. The number of rotatable bonds is 0. The van der Waals surface area contributed by atoms with Crippen LogP contribution in [-0.4, -0.2) is 26.0 Å². The van der Waals surface area contributed by atoms with Gasteiger partial charge in [0.05, 0.1) is 5.92 Å². The lowest BCUT2D eigenvalue weighted by Gasteiger charge is -2.40. The van der Waals surface area contributed by atoms with E-state index < -0.39 is 0 Å². The van der Waals surface area contributed by atoms with Gasteiger partial charge in [-0.05, 0) is 36.7 Å². The molecule has 0 bridgehead atoms. The number of amides is 1. The van der Waals surface area contributed by atoms with Crippen LogP contribution in [0.2, 0.25) is 0 Å². The molecule has 2 heterocycles. The fourth-order valence-corrected chi connectivity index (χ4v) is 3.36. The summed E-state index contributed by atoms with van der Waals surface area (Å²) in [7, 11) is 1.87. The molecule has 1 fully saturated rings. The lowest BCUT2D eigenvalue weighted by Crippen LogP contribution is -2.48. The van der Waals surface area contributed by atoms with Crippen LogP contribution in [0.4, 0.5) is 5.69 Å². The smallest absolute Gasteiger partial charge is 0.231 e. The number of hydrogen-bond acceptors (Lipinski definition) is 2. The summed E-state index contributed by atoms with van der Waals surface area (Å²) in [6, 6.07) is 6.21. The van der Waals surface area contributed by atoms with Crippen LogP contribution in [0.25, 0.3) is 0 Å². The van der Waals surface area contributed by atoms with Crippen LogP contribution in [-0.2, 0) is 4.79 Å². The summed E-state index contributed by atoms with van der Waals surface area (Å²) in [6.45, 7) is 1.81. The second kappa shape index (κ2) is 4.10. The summed E-state index contributed by atoms with van der Waals surface area (Å²) < 4.78 is 1.09. The maximum absolute atomic E-state index is 12.3. The first-order chi connectivity index (χ1) is 8.18. The third-order valence-corrected chi connectivity index (χ3v) is 4.37. The molecule has 0 aromatic heterocycles. The van der Waals surface area contributed by atoms with Crippen molar-refractivity contribution in [1.82, 2.24) is 5.32 Å². The molecule has 17 heavy (non-hydrogen) atoms. The van der Waals surface area contributed by atoms with E-state index in [9.17, 15) is 4.79 Å². The molecule has 2 atom stereocenters. The highest BCUT2D eigenvalue weighted by atomic mass is 79.9. The Morgan fingerprint density at radius 1 is 1.41 bits per heavy atom. The van der Waals surface area contributed by atoms with E-state index in [1.54, 1.807) is 4.90 Å². The minimum Gasteiger partial charge on any atom is -0.316 e. The number of halogens is 1. The zero-order valence-electron chi connectivity index (χ0n) is 9.74. The third kappa shape index (κ3) is 1.70. The van der Waals surface area contributed by atoms with E-state index in [0.717, 1.165) is 29.7 Å². The van der Waals surface area contributed by atoms with Crippen LogP contribution in [0.15, 0.2) is 22.7 Å². The SMILES string of the molecule is CN1C(=O)C2CNCCC2c2cc(Br)ccc21. The van der Waals surface area contributed by atoms with E-state index >= 15 is 0 Å². The van der Waals surface area contributed by atoms with Gasteiger partial charge in [0.2, 0.25) is 5.91 Å². The molecule has 1 aromatic carbocycles. The molecule has 1 aromatic rings. The Kier molecular flexibility index (Phi) is 2.71. The Hall–Kier alpha value is -0.870. The molecule has 1 N–H and O–H groups in total. The average molecular weight is 295 g/mol.